The van der Waals surface area contributed by atoms with E-state index in [2.05, 4.69) is 4.98 Å². The highest BCUT2D eigenvalue weighted by Crippen LogP contribution is 2.21. The van der Waals surface area contributed by atoms with Crippen molar-refractivity contribution in [1.82, 2.24) is 4.98 Å². The number of carbonyl (C=O) groups excluding carboxylic acids is 1. The van der Waals surface area contributed by atoms with E-state index in [1.165, 1.54) is 24.3 Å². The second kappa shape index (κ2) is 4.74. The molecule has 20 heavy (non-hydrogen) atoms. The molecular formula is C16H11FN2O. The van der Waals surface area contributed by atoms with Gasteiger partial charge in [0.15, 0.2) is 0 Å². The van der Waals surface area contributed by atoms with E-state index in [-0.39, 0.29) is 17.0 Å². The second-order valence-corrected chi connectivity index (χ2v) is 4.45. The average Bonchev–Trinajstić information content (AvgIpc) is 2.46. The third-order valence-electron chi connectivity index (χ3n) is 3.07. The monoisotopic (exact) mass is 266 g/mol. The van der Waals surface area contributed by atoms with Gasteiger partial charge >= 0.3 is 0 Å². The molecule has 3 nitrogen and oxygen atoms in total. The summed E-state index contributed by atoms with van der Waals surface area (Å²) in [6, 6.07) is 14.4. The van der Waals surface area contributed by atoms with E-state index in [0.29, 0.717) is 11.2 Å². The van der Waals surface area contributed by atoms with Crippen molar-refractivity contribution in [1.29, 1.82) is 0 Å². The lowest BCUT2D eigenvalue weighted by molar-refractivity contribution is 0.103. The molecule has 3 aromatic rings. The topological polar surface area (TPSA) is 56.0 Å². The Balaban J connectivity index is 2.12. The van der Waals surface area contributed by atoms with Crippen LogP contribution in [0.4, 0.5) is 10.1 Å². The summed E-state index contributed by atoms with van der Waals surface area (Å²) in [6.07, 6.45) is 0. The fourth-order valence-electron chi connectivity index (χ4n) is 2.10. The largest absolute Gasteiger partial charge is 0.398 e. The number of hydrogen-bond acceptors (Lipinski definition) is 3. The van der Waals surface area contributed by atoms with Crippen molar-refractivity contribution in [3.8, 4) is 0 Å². The van der Waals surface area contributed by atoms with Crippen LogP contribution in [0.3, 0.4) is 0 Å². The molecule has 0 aliphatic heterocycles. The van der Waals surface area contributed by atoms with Gasteiger partial charge in [-0.25, -0.2) is 9.37 Å². The number of nitrogen functional groups attached to an aromatic ring is 1. The van der Waals surface area contributed by atoms with Crippen LogP contribution in [0.2, 0.25) is 0 Å². The minimum atomic E-state index is -0.454. The number of para-hydroxylation sites is 1. The fourth-order valence-corrected chi connectivity index (χ4v) is 2.10. The molecule has 0 spiro atoms. The molecule has 0 unspecified atom stereocenters. The highest BCUT2D eigenvalue weighted by molar-refractivity contribution is 6.09. The Kier molecular flexibility index (Phi) is 2.91. The van der Waals surface area contributed by atoms with Gasteiger partial charge in [0, 0.05) is 16.6 Å². The molecule has 0 amide bonds. The van der Waals surface area contributed by atoms with Gasteiger partial charge in [0.05, 0.1) is 5.52 Å². The predicted molar refractivity (Wildman–Crippen MR) is 76.0 cm³/mol. The molecule has 0 saturated carbocycles. The Morgan fingerprint density at radius 2 is 1.85 bits per heavy atom. The second-order valence-electron chi connectivity index (χ2n) is 4.45. The van der Waals surface area contributed by atoms with E-state index < -0.39 is 5.82 Å². The molecular weight excluding hydrogens is 255 g/mol. The zero-order chi connectivity index (χ0) is 14.1. The van der Waals surface area contributed by atoms with E-state index in [1.807, 2.05) is 18.2 Å². The average molecular weight is 266 g/mol. The number of hydrogen-bond donors (Lipinski definition) is 1. The maximum atomic E-state index is 13.2. The number of pyridine rings is 1. The first kappa shape index (κ1) is 12.3. The van der Waals surface area contributed by atoms with Crippen molar-refractivity contribution in [3.05, 3.63) is 71.7 Å². The zero-order valence-electron chi connectivity index (χ0n) is 10.5. The van der Waals surface area contributed by atoms with Gasteiger partial charge in [-0.1, -0.05) is 30.3 Å². The summed E-state index contributed by atoms with van der Waals surface area (Å²) in [5, 5.41) is 0.795. The molecule has 98 valence electrons. The van der Waals surface area contributed by atoms with Gasteiger partial charge in [0.2, 0.25) is 5.78 Å². The van der Waals surface area contributed by atoms with Crippen LogP contribution < -0.4 is 5.73 Å². The van der Waals surface area contributed by atoms with Crippen molar-refractivity contribution < 1.29 is 9.18 Å². The van der Waals surface area contributed by atoms with Crippen LogP contribution in [-0.2, 0) is 0 Å². The third kappa shape index (κ3) is 2.12. The van der Waals surface area contributed by atoms with Gasteiger partial charge in [0.25, 0.3) is 0 Å². The van der Waals surface area contributed by atoms with Crippen LogP contribution in [-0.4, -0.2) is 10.8 Å². The number of fused-ring (bicyclic) bond motifs is 1. The number of carbonyl (C=O) groups is 1. The van der Waals surface area contributed by atoms with E-state index in [9.17, 15) is 9.18 Å². The highest BCUT2D eigenvalue weighted by Gasteiger charge is 2.13. The molecule has 0 atom stereocenters. The molecule has 0 fully saturated rings. The lowest BCUT2D eigenvalue weighted by atomic mass is 10.1. The Hall–Kier alpha value is -2.75. The lowest BCUT2D eigenvalue weighted by Crippen LogP contribution is -2.06. The van der Waals surface area contributed by atoms with Gasteiger partial charge in [-0.3, -0.25) is 4.79 Å². The molecule has 0 saturated heterocycles. The van der Waals surface area contributed by atoms with Crippen LogP contribution >= 0.6 is 0 Å². The van der Waals surface area contributed by atoms with Crippen LogP contribution in [0.1, 0.15) is 16.1 Å². The smallest absolute Gasteiger partial charge is 0.211 e. The van der Waals surface area contributed by atoms with Crippen LogP contribution in [0, 0.1) is 5.82 Å². The summed E-state index contributed by atoms with van der Waals surface area (Å²) in [4.78, 5) is 16.6. The van der Waals surface area contributed by atoms with E-state index in [0.717, 1.165) is 5.39 Å². The maximum Gasteiger partial charge on any atom is 0.211 e. The summed E-state index contributed by atoms with van der Waals surface area (Å²) in [5.41, 5.74) is 7.54. The Morgan fingerprint density at radius 3 is 2.65 bits per heavy atom. The molecule has 1 aromatic heterocycles. The number of halogens is 1. The highest BCUT2D eigenvalue weighted by atomic mass is 19.1. The fraction of sp³-hybridized carbons (Fsp3) is 0. The first-order valence-electron chi connectivity index (χ1n) is 6.11. The van der Waals surface area contributed by atoms with Crippen LogP contribution in [0.15, 0.2) is 54.6 Å². The normalized spacial score (nSPS) is 10.7. The molecule has 2 aromatic carbocycles. The number of benzene rings is 2. The lowest BCUT2D eigenvalue weighted by Gasteiger charge is -2.05. The van der Waals surface area contributed by atoms with Gasteiger partial charge in [0.1, 0.15) is 11.5 Å². The number of nitrogens with two attached hydrogens (primary N) is 1. The molecule has 1 heterocycles. The molecule has 4 heteroatoms. The number of rotatable bonds is 2. The minimum Gasteiger partial charge on any atom is -0.398 e. The van der Waals surface area contributed by atoms with E-state index >= 15 is 0 Å². The summed E-state index contributed by atoms with van der Waals surface area (Å²) < 4.78 is 13.2. The minimum absolute atomic E-state index is 0.215. The van der Waals surface area contributed by atoms with Crippen molar-refractivity contribution in [2.45, 2.75) is 0 Å². The molecule has 0 radical (unpaired) electrons. The third-order valence-corrected chi connectivity index (χ3v) is 3.07. The van der Waals surface area contributed by atoms with Gasteiger partial charge in [-0.15, -0.1) is 0 Å². The van der Waals surface area contributed by atoms with E-state index in [1.54, 1.807) is 12.1 Å². The van der Waals surface area contributed by atoms with Crippen molar-refractivity contribution in [3.63, 3.8) is 0 Å². The zero-order valence-corrected chi connectivity index (χ0v) is 10.5. The molecule has 3 rings (SSSR count). The summed E-state index contributed by atoms with van der Waals surface area (Å²) in [7, 11) is 0. The quantitative estimate of drug-likeness (QED) is 0.725. The Morgan fingerprint density at radius 1 is 1.05 bits per heavy atom. The maximum absolute atomic E-state index is 13.2. The molecule has 0 aliphatic carbocycles. The summed E-state index contributed by atoms with van der Waals surface area (Å²) in [6.45, 7) is 0. The summed E-state index contributed by atoms with van der Waals surface area (Å²) >= 11 is 0. The number of anilines is 1. The number of ketones is 1. The number of aromatic nitrogens is 1. The molecule has 2 N–H and O–H groups in total. The van der Waals surface area contributed by atoms with Crippen molar-refractivity contribution in [2.24, 2.45) is 0 Å². The molecule has 0 bridgehead atoms. The Bertz CT molecular complexity index is 814. The predicted octanol–water partition coefficient (Wildman–Crippen LogP) is 3.19. The summed E-state index contributed by atoms with van der Waals surface area (Å²) in [5.74, 6) is -0.799. The Labute approximate surface area is 114 Å². The van der Waals surface area contributed by atoms with Gasteiger partial charge in [-0.05, 0) is 24.3 Å². The van der Waals surface area contributed by atoms with Crippen molar-refractivity contribution >= 4 is 22.4 Å². The van der Waals surface area contributed by atoms with E-state index in [4.69, 9.17) is 5.73 Å². The van der Waals surface area contributed by atoms with Gasteiger partial charge in [-0.2, -0.15) is 0 Å². The standard InChI is InChI=1S/C16H11FN2O/c17-11-5-3-4-10(8-11)16(20)15-9-13(18)12-6-1-2-7-14(12)19-15/h1-9H,(H2,18,19). The molecule has 0 aliphatic rings. The van der Waals surface area contributed by atoms with Crippen LogP contribution in [0.5, 0.6) is 0 Å². The van der Waals surface area contributed by atoms with Crippen molar-refractivity contribution in [2.75, 3.05) is 5.73 Å². The van der Waals surface area contributed by atoms with Crippen LogP contribution in [0.25, 0.3) is 10.9 Å². The first-order chi connectivity index (χ1) is 9.65. The number of nitrogens with zero attached hydrogens (tertiary/aromatic N) is 1. The first-order valence-corrected chi connectivity index (χ1v) is 6.11. The SMILES string of the molecule is Nc1cc(C(=O)c2cccc(F)c2)nc2ccccc12. The van der Waals surface area contributed by atoms with Gasteiger partial charge < -0.3 is 5.73 Å².